The van der Waals surface area contributed by atoms with Crippen molar-refractivity contribution in [3.8, 4) is 0 Å². The zero-order chi connectivity index (χ0) is 13.4. The van der Waals surface area contributed by atoms with Crippen molar-refractivity contribution in [3.63, 3.8) is 0 Å². The van der Waals surface area contributed by atoms with Crippen LogP contribution in [0.3, 0.4) is 0 Å². The molecule has 1 N–H and O–H groups in total. The monoisotopic (exact) mass is 254 g/mol. The molecule has 0 aromatic rings. The van der Waals surface area contributed by atoms with Gasteiger partial charge in [-0.2, -0.15) is 0 Å². The lowest BCUT2D eigenvalue weighted by Gasteiger charge is -2.39. The number of carbonyl (C=O) groups is 1. The summed E-state index contributed by atoms with van der Waals surface area (Å²) in [6, 6.07) is 0. The minimum absolute atomic E-state index is 0.0784. The van der Waals surface area contributed by atoms with E-state index in [1.807, 2.05) is 4.90 Å². The Hall–Kier alpha value is -0.570. The molecule has 0 atom stereocenters. The average molecular weight is 254 g/mol. The van der Waals surface area contributed by atoms with Crippen LogP contribution in [0, 0.1) is 0 Å². The first-order valence-corrected chi connectivity index (χ1v) is 7.58. The number of amides is 1. The molecule has 0 aromatic heterocycles. The van der Waals surface area contributed by atoms with Crippen LogP contribution in [-0.4, -0.2) is 36.0 Å². The topological polar surface area (TPSA) is 32.3 Å². The first-order chi connectivity index (χ1) is 8.55. The molecule has 1 aliphatic heterocycles. The summed E-state index contributed by atoms with van der Waals surface area (Å²) < 4.78 is 0. The van der Waals surface area contributed by atoms with Crippen LogP contribution in [0.1, 0.15) is 65.7 Å². The Balaban J connectivity index is 2.12. The number of rotatable bonds is 7. The predicted molar refractivity (Wildman–Crippen MR) is 76.7 cm³/mol. The van der Waals surface area contributed by atoms with Crippen molar-refractivity contribution in [2.45, 2.75) is 71.3 Å². The van der Waals surface area contributed by atoms with Crippen molar-refractivity contribution >= 4 is 5.91 Å². The molecule has 0 aromatic carbocycles. The normalized spacial score (nSPS) is 18.9. The summed E-state index contributed by atoms with van der Waals surface area (Å²) in [5.74, 6) is 0.347. The zero-order valence-electron chi connectivity index (χ0n) is 12.4. The molecule has 1 fully saturated rings. The summed E-state index contributed by atoms with van der Waals surface area (Å²) in [4.78, 5) is 14.1. The maximum absolute atomic E-state index is 12.1. The molecule has 3 heteroatoms. The van der Waals surface area contributed by atoms with E-state index in [4.69, 9.17) is 0 Å². The minimum Gasteiger partial charge on any atom is -0.340 e. The Morgan fingerprint density at radius 1 is 1.17 bits per heavy atom. The van der Waals surface area contributed by atoms with Crippen LogP contribution in [0.4, 0.5) is 0 Å². The van der Waals surface area contributed by atoms with Crippen LogP contribution in [0.2, 0.25) is 0 Å². The third-order valence-electron chi connectivity index (χ3n) is 3.67. The molecule has 1 aliphatic rings. The number of nitrogens with zero attached hydrogens (tertiary/aromatic N) is 1. The first kappa shape index (κ1) is 15.5. The zero-order valence-corrected chi connectivity index (χ0v) is 12.4. The summed E-state index contributed by atoms with van der Waals surface area (Å²) in [5.41, 5.74) is 0.0784. The van der Waals surface area contributed by atoms with Gasteiger partial charge in [-0.15, -0.1) is 0 Å². The molecule has 18 heavy (non-hydrogen) atoms. The van der Waals surface area contributed by atoms with Crippen LogP contribution >= 0.6 is 0 Å². The molecule has 0 aliphatic carbocycles. The first-order valence-electron chi connectivity index (χ1n) is 7.58. The van der Waals surface area contributed by atoms with Gasteiger partial charge < -0.3 is 10.2 Å². The number of carbonyl (C=O) groups excluding carboxylic acids is 1. The molecule has 1 amide bonds. The predicted octanol–water partition coefficient (Wildman–Crippen LogP) is 2.95. The molecule has 0 saturated carbocycles. The van der Waals surface area contributed by atoms with Gasteiger partial charge in [-0.25, -0.2) is 0 Å². The standard InChI is InChI=1S/C15H30N2O/c1-4-5-6-7-8-9-10-14(18)17-12-11-16-15(2,3)13-17/h16H,4-13H2,1-3H3. The van der Waals surface area contributed by atoms with Crippen LogP contribution < -0.4 is 5.32 Å². The van der Waals surface area contributed by atoms with E-state index in [1.165, 1.54) is 32.1 Å². The Bertz CT molecular complexity index is 251. The second kappa shape index (κ2) is 7.78. The van der Waals surface area contributed by atoms with Gasteiger partial charge in [0.15, 0.2) is 0 Å². The molecule has 1 rings (SSSR count). The number of piperazine rings is 1. The van der Waals surface area contributed by atoms with Gasteiger partial charge >= 0.3 is 0 Å². The Morgan fingerprint density at radius 3 is 2.50 bits per heavy atom. The maximum atomic E-state index is 12.1. The van der Waals surface area contributed by atoms with Crippen molar-refractivity contribution in [1.82, 2.24) is 10.2 Å². The van der Waals surface area contributed by atoms with Crippen LogP contribution in [0.5, 0.6) is 0 Å². The van der Waals surface area contributed by atoms with Gasteiger partial charge in [0.2, 0.25) is 5.91 Å². The second-order valence-electron chi connectivity index (χ2n) is 6.14. The Morgan fingerprint density at radius 2 is 1.83 bits per heavy atom. The van der Waals surface area contributed by atoms with Gasteiger partial charge in [0.25, 0.3) is 0 Å². The summed E-state index contributed by atoms with van der Waals surface area (Å²) in [7, 11) is 0. The number of hydrogen-bond donors (Lipinski definition) is 1. The highest BCUT2D eigenvalue weighted by atomic mass is 16.2. The van der Waals surface area contributed by atoms with E-state index in [0.29, 0.717) is 5.91 Å². The highest BCUT2D eigenvalue weighted by Gasteiger charge is 2.27. The third-order valence-corrected chi connectivity index (χ3v) is 3.67. The molecular weight excluding hydrogens is 224 g/mol. The lowest BCUT2D eigenvalue weighted by atomic mass is 10.0. The Kier molecular flexibility index (Phi) is 6.69. The molecule has 0 radical (unpaired) electrons. The third kappa shape index (κ3) is 5.85. The molecule has 3 nitrogen and oxygen atoms in total. The van der Waals surface area contributed by atoms with Gasteiger partial charge in [0.05, 0.1) is 0 Å². The van der Waals surface area contributed by atoms with Crippen molar-refractivity contribution in [1.29, 1.82) is 0 Å². The SMILES string of the molecule is CCCCCCCCC(=O)N1CCNC(C)(C)C1. The fraction of sp³-hybridized carbons (Fsp3) is 0.933. The van der Waals surface area contributed by atoms with E-state index < -0.39 is 0 Å². The molecule has 1 heterocycles. The van der Waals surface area contributed by atoms with E-state index in [-0.39, 0.29) is 5.54 Å². The van der Waals surface area contributed by atoms with E-state index in [2.05, 4.69) is 26.1 Å². The van der Waals surface area contributed by atoms with E-state index >= 15 is 0 Å². The summed E-state index contributed by atoms with van der Waals surface area (Å²) in [6.07, 6.45) is 8.24. The van der Waals surface area contributed by atoms with E-state index in [0.717, 1.165) is 32.5 Å². The molecular formula is C15H30N2O. The second-order valence-corrected chi connectivity index (χ2v) is 6.14. The molecule has 1 saturated heterocycles. The molecule has 106 valence electrons. The largest absolute Gasteiger partial charge is 0.340 e. The fourth-order valence-corrected chi connectivity index (χ4v) is 2.57. The van der Waals surface area contributed by atoms with Crippen molar-refractivity contribution < 1.29 is 4.79 Å². The van der Waals surface area contributed by atoms with Crippen molar-refractivity contribution in [2.75, 3.05) is 19.6 Å². The van der Waals surface area contributed by atoms with Crippen molar-refractivity contribution in [2.24, 2.45) is 0 Å². The summed E-state index contributed by atoms with van der Waals surface area (Å²) >= 11 is 0. The molecule has 0 unspecified atom stereocenters. The Labute approximate surface area is 112 Å². The quantitative estimate of drug-likeness (QED) is 0.708. The fourth-order valence-electron chi connectivity index (χ4n) is 2.57. The average Bonchev–Trinajstić information content (AvgIpc) is 2.32. The highest BCUT2D eigenvalue weighted by Crippen LogP contribution is 2.13. The molecule has 0 spiro atoms. The van der Waals surface area contributed by atoms with Gasteiger partial charge in [-0.05, 0) is 20.3 Å². The maximum Gasteiger partial charge on any atom is 0.222 e. The van der Waals surface area contributed by atoms with E-state index in [9.17, 15) is 4.79 Å². The summed E-state index contributed by atoms with van der Waals surface area (Å²) in [5, 5.41) is 3.44. The van der Waals surface area contributed by atoms with Crippen molar-refractivity contribution in [3.05, 3.63) is 0 Å². The lowest BCUT2D eigenvalue weighted by Crippen LogP contribution is -2.58. The smallest absolute Gasteiger partial charge is 0.222 e. The van der Waals surface area contributed by atoms with E-state index in [1.54, 1.807) is 0 Å². The number of nitrogens with one attached hydrogen (secondary N) is 1. The minimum atomic E-state index is 0.0784. The van der Waals surface area contributed by atoms with Crippen LogP contribution in [0.25, 0.3) is 0 Å². The van der Waals surface area contributed by atoms with Gasteiger partial charge in [-0.3, -0.25) is 4.79 Å². The summed E-state index contributed by atoms with van der Waals surface area (Å²) in [6.45, 7) is 9.21. The van der Waals surface area contributed by atoms with Gasteiger partial charge in [-0.1, -0.05) is 39.0 Å². The highest BCUT2D eigenvalue weighted by molar-refractivity contribution is 5.76. The van der Waals surface area contributed by atoms with Gasteiger partial charge in [0, 0.05) is 31.6 Å². The molecule has 0 bridgehead atoms. The van der Waals surface area contributed by atoms with Crippen LogP contribution in [0.15, 0.2) is 0 Å². The van der Waals surface area contributed by atoms with Crippen LogP contribution in [-0.2, 0) is 4.79 Å². The number of unbranched alkanes of at least 4 members (excludes halogenated alkanes) is 5. The number of hydrogen-bond acceptors (Lipinski definition) is 2. The van der Waals surface area contributed by atoms with Gasteiger partial charge in [0.1, 0.15) is 0 Å². The lowest BCUT2D eigenvalue weighted by molar-refractivity contribution is -0.133.